The van der Waals surface area contributed by atoms with E-state index in [2.05, 4.69) is 0 Å². The van der Waals surface area contributed by atoms with Gasteiger partial charge in [-0.1, -0.05) is 25.1 Å². The van der Waals surface area contributed by atoms with Crippen molar-refractivity contribution in [3.63, 3.8) is 0 Å². The Morgan fingerprint density at radius 1 is 1.47 bits per heavy atom. The molecule has 1 amide bonds. The van der Waals surface area contributed by atoms with Gasteiger partial charge in [-0.05, 0) is 18.9 Å². The van der Waals surface area contributed by atoms with Gasteiger partial charge in [0.25, 0.3) is 0 Å². The monoisotopic (exact) mass is 262 g/mol. The molecule has 0 heterocycles. The first kappa shape index (κ1) is 13.9. The molecule has 1 aromatic rings. The van der Waals surface area contributed by atoms with Crippen LogP contribution in [0.25, 0.3) is 0 Å². The van der Waals surface area contributed by atoms with Crippen LogP contribution in [0.1, 0.15) is 25.3 Å². The molecule has 104 valence electrons. The smallest absolute Gasteiger partial charge is 0.227 e. The van der Waals surface area contributed by atoms with E-state index >= 15 is 0 Å². The zero-order valence-corrected chi connectivity index (χ0v) is 11.6. The van der Waals surface area contributed by atoms with Crippen molar-refractivity contribution in [2.75, 3.05) is 13.7 Å². The minimum atomic E-state index is -0.115. The molecule has 1 fully saturated rings. The number of nitrogens with two attached hydrogens (primary N) is 1. The van der Waals surface area contributed by atoms with E-state index in [1.165, 1.54) is 0 Å². The van der Waals surface area contributed by atoms with Crippen molar-refractivity contribution in [1.82, 2.24) is 4.90 Å². The molecule has 1 saturated carbocycles. The average molecular weight is 262 g/mol. The van der Waals surface area contributed by atoms with Crippen LogP contribution in [0.2, 0.25) is 0 Å². The molecule has 19 heavy (non-hydrogen) atoms. The highest BCUT2D eigenvalue weighted by Gasteiger charge is 2.34. The highest BCUT2D eigenvalue weighted by atomic mass is 16.5. The Kier molecular flexibility index (Phi) is 4.43. The lowest BCUT2D eigenvalue weighted by Crippen LogP contribution is -2.39. The van der Waals surface area contributed by atoms with Crippen molar-refractivity contribution in [3.8, 4) is 5.75 Å². The van der Waals surface area contributed by atoms with Crippen molar-refractivity contribution < 1.29 is 9.53 Å². The van der Waals surface area contributed by atoms with Gasteiger partial charge in [-0.25, -0.2) is 0 Å². The number of benzene rings is 1. The summed E-state index contributed by atoms with van der Waals surface area (Å²) in [7, 11) is 1.66. The van der Waals surface area contributed by atoms with Gasteiger partial charge in [-0.3, -0.25) is 4.79 Å². The number of hydrogen-bond acceptors (Lipinski definition) is 3. The predicted molar refractivity (Wildman–Crippen MR) is 74.8 cm³/mol. The van der Waals surface area contributed by atoms with Crippen molar-refractivity contribution in [2.45, 2.75) is 32.4 Å². The lowest BCUT2D eigenvalue weighted by Gasteiger charge is -2.26. The number of methoxy groups -OCH3 is 1. The van der Waals surface area contributed by atoms with Crippen LogP contribution < -0.4 is 10.5 Å². The molecular formula is C15H22N2O2. The van der Waals surface area contributed by atoms with Crippen LogP contribution in [-0.2, 0) is 11.3 Å². The van der Waals surface area contributed by atoms with Gasteiger partial charge in [0, 0.05) is 30.6 Å². The summed E-state index contributed by atoms with van der Waals surface area (Å²) < 4.78 is 5.35. The van der Waals surface area contributed by atoms with Gasteiger partial charge in [0.15, 0.2) is 0 Å². The maximum absolute atomic E-state index is 12.4. The molecule has 1 aromatic carbocycles. The summed E-state index contributed by atoms with van der Waals surface area (Å²) in [6.45, 7) is 2.89. The van der Waals surface area contributed by atoms with E-state index in [1.807, 2.05) is 36.1 Å². The van der Waals surface area contributed by atoms with E-state index in [-0.39, 0.29) is 11.8 Å². The number of para-hydroxylation sites is 1. The molecule has 0 aliphatic heterocycles. The maximum atomic E-state index is 12.4. The largest absolute Gasteiger partial charge is 0.496 e. The fourth-order valence-electron chi connectivity index (χ4n) is 2.17. The third-order valence-corrected chi connectivity index (χ3v) is 3.58. The highest BCUT2D eigenvalue weighted by Crippen LogP contribution is 2.31. The molecule has 1 atom stereocenters. The van der Waals surface area contributed by atoms with E-state index < -0.39 is 0 Å². The molecule has 0 bridgehead atoms. The summed E-state index contributed by atoms with van der Waals surface area (Å²) in [5.74, 6) is 0.868. The second-order valence-electron chi connectivity index (χ2n) is 5.15. The van der Waals surface area contributed by atoms with Gasteiger partial charge in [0.1, 0.15) is 5.75 Å². The summed E-state index contributed by atoms with van der Waals surface area (Å²) in [4.78, 5) is 14.3. The van der Waals surface area contributed by atoms with Crippen molar-refractivity contribution in [2.24, 2.45) is 11.7 Å². The van der Waals surface area contributed by atoms with E-state index in [0.717, 1.165) is 24.2 Å². The lowest BCUT2D eigenvalue weighted by atomic mass is 10.1. The summed E-state index contributed by atoms with van der Waals surface area (Å²) >= 11 is 0. The van der Waals surface area contributed by atoms with Gasteiger partial charge in [-0.15, -0.1) is 0 Å². The number of nitrogens with zero attached hydrogens (tertiary/aromatic N) is 1. The third kappa shape index (κ3) is 3.26. The molecule has 0 spiro atoms. The summed E-state index contributed by atoms with van der Waals surface area (Å²) in [5.41, 5.74) is 6.66. The molecule has 2 rings (SSSR count). The lowest BCUT2D eigenvalue weighted by molar-refractivity contribution is -0.135. The van der Waals surface area contributed by atoms with Gasteiger partial charge >= 0.3 is 0 Å². The van der Waals surface area contributed by atoms with E-state index in [1.54, 1.807) is 7.11 Å². The first-order chi connectivity index (χ1) is 9.17. The number of hydrogen-bond donors (Lipinski definition) is 1. The summed E-state index contributed by atoms with van der Waals surface area (Å²) in [6.07, 6.45) is 2.19. The normalized spacial score (nSPS) is 15.9. The minimum absolute atomic E-state index is 0.115. The molecule has 4 nitrogen and oxygen atoms in total. The molecule has 2 N–H and O–H groups in total. The second-order valence-corrected chi connectivity index (χ2v) is 5.15. The Bertz CT molecular complexity index is 444. The second kappa shape index (κ2) is 6.06. The number of rotatable bonds is 6. The zero-order valence-electron chi connectivity index (χ0n) is 11.6. The number of amides is 1. The fourth-order valence-corrected chi connectivity index (χ4v) is 2.17. The molecular weight excluding hydrogens is 240 g/mol. The Labute approximate surface area is 114 Å². The zero-order chi connectivity index (χ0) is 13.8. The van der Waals surface area contributed by atoms with Crippen LogP contribution >= 0.6 is 0 Å². The number of carbonyl (C=O) groups is 1. The van der Waals surface area contributed by atoms with Crippen LogP contribution in [0, 0.1) is 5.92 Å². The maximum Gasteiger partial charge on any atom is 0.227 e. The van der Waals surface area contributed by atoms with Crippen LogP contribution in [0.5, 0.6) is 5.75 Å². The molecule has 1 aliphatic rings. The minimum Gasteiger partial charge on any atom is -0.496 e. The van der Waals surface area contributed by atoms with Crippen LogP contribution in [0.4, 0.5) is 0 Å². The van der Waals surface area contributed by atoms with Gasteiger partial charge in [0.2, 0.25) is 5.91 Å². The first-order valence-electron chi connectivity index (χ1n) is 6.79. The van der Waals surface area contributed by atoms with Gasteiger partial charge in [0.05, 0.1) is 7.11 Å². The summed E-state index contributed by atoms with van der Waals surface area (Å²) in [6, 6.07) is 8.23. The van der Waals surface area contributed by atoms with E-state index in [0.29, 0.717) is 19.1 Å². The van der Waals surface area contributed by atoms with Gasteiger partial charge < -0.3 is 15.4 Å². The van der Waals surface area contributed by atoms with Crippen molar-refractivity contribution >= 4 is 5.91 Å². The van der Waals surface area contributed by atoms with Crippen molar-refractivity contribution in [3.05, 3.63) is 29.8 Å². The first-order valence-corrected chi connectivity index (χ1v) is 6.79. The Morgan fingerprint density at radius 2 is 2.16 bits per heavy atom. The van der Waals surface area contributed by atoms with Crippen LogP contribution in [0.3, 0.4) is 0 Å². The molecule has 1 unspecified atom stereocenters. The molecule has 0 saturated heterocycles. The quantitative estimate of drug-likeness (QED) is 0.850. The standard InChI is InChI=1S/C15H22N2O2/c1-11(9-16)15(18)17(13-7-8-13)10-12-5-3-4-6-14(12)19-2/h3-6,11,13H,7-10,16H2,1-2H3. The number of carbonyl (C=O) groups excluding carboxylic acids is 1. The Balaban J connectivity index is 2.14. The fraction of sp³-hybridized carbons (Fsp3) is 0.533. The molecule has 4 heteroatoms. The van der Waals surface area contributed by atoms with Crippen LogP contribution in [-0.4, -0.2) is 30.5 Å². The SMILES string of the molecule is COc1ccccc1CN(C(=O)C(C)CN)C1CC1. The third-order valence-electron chi connectivity index (χ3n) is 3.58. The number of ether oxygens (including phenoxy) is 1. The molecule has 1 aliphatic carbocycles. The Morgan fingerprint density at radius 3 is 2.74 bits per heavy atom. The van der Waals surface area contributed by atoms with Gasteiger partial charge in [-0.2, -0.15) is 0 Å². The van der Waals surface area contributed by atoms with Crippen molar-refractivity contribution in [1.29, 1.82) is 0 Å². The molecule has 0 aromatic heterocycles. The summed E-state index contributed by atoms with van der Waals surface area (Å²) in [5, 5.41) is 0. The predicted octanol–water partition coefficient (Wildman–Crippen LogP) is 1.78. The topological polar surface area (TPSA) is 55.6 Å². The Hall–Kier alpha value is -1.55. The molecule has 0 radical (unpaired) electrons. The highest BCUT2D eigenvalue weighted by molar-refractivity contribution is 5.79. The van der Waals surface area contributed by atoms with E-state index in [9.17, 15) is 4.79 Å². The van der Waals surface area contributed by atoms with E-state index in [4.69, 9.17) is 10.5 Å². The van der Waals surface area contributed by atoms with Crippen LogP contribution in [0.15, 0.2) is 24.3 Å². The average Bonchev–Trinajstić information content (AvgIpc) is 3.28.